The van der Waals surface area contributed by atoms with Crippen LogP contribution >= 0.6 is 0 Å². The Morgan fingerprint density at radius 2 is 1.00 bits per heavy atom. The summed E-state index contributed by atoms with van der Waals surface area (Å²) >= 11 is 0. The molecule has 0 amide bonds. The third-order valence-corrected chi connectivity index (χ3v) is 15.0. The van der Waals surface area contributed by atoms with Crippen molar-refractivity contribution in [3.05, 3.63) is 0 Å². The first-order valence-electron chi connectivity index (χ1n) is 8.40. The largest absolute Gasteiger partial charge is 0.416 e. The highest BCUT2D eigenvalue weighted by atomic mass is 28.4. The number of hydrogen-bond acceptors (Lipinski definition) is 2. The molecule has 0 aromatic rings. The lowest BCUT2D eigenvalue weighted by Gasteiger charge is -2.39. The van der Waals surface area contributed by atoms with Gasteiger partial charge >= 0.3 is 0 Å². The molecular formula is C17H38O2Si2. The van der Waals surface area contributed by atoms with Crippen molar-refractivity contribution >= 4 is 16.6 Å². The maximum absolute atomic E-state index is 6.45. The van der Waals surface area contributed by atoms with Gasteiger partial charge in [-0.1, -0.05) is 41.5 Å². The van der Waals surface area contributed by atoms with Crippen molar-refractivity contribution < 1.29 is 8.85 Å². The summed E-state index contributed by atoms with van der Waals surface area (Å²) < 4.78 is 12.9. The Bertz CT molecular complexity index is 326. The molecule has 1 rings (SSSR count). The molecule has 4 heteroatoms. The highest BCUT2D eigenvalue weighted by molar-refractivity contribution is 6.74. The molecule has 1 saturated carbocycles. The van der Waals surface area contributed by atoms with Gasteiger partial charge in [0.15, 0.2) is 16.6 Å². The molecule has 2 nitrogen and oxygen atoms in total. The summed E-state index contributed by atoms with van der Waals surface area (Å²) in [7, 11) is -3.26. The standard InChI is InChI=1S/C17H38O2Si2/c1-15(2,3)20(7,8)18-13-17(11-12-17)14-19-21(9,10)16(4,5)6/h11-14H2,1-10H3. The molecule has 0 aliphatic heterocycles. The second kappa shape index (κ2) is 5.77. The molecule has 0 unspecified atom stereocenters. The van der Waals surface area contributed by atoms with Crippen LogP contribution in [-0.4, -0.2) is 29.8 Å². The van der Waals surface area contributed by atoms with Gasteiger partial charge in [-0.05, 0) is 49.1 Å². The molecule has 1 fully saturated rings. The van der Waals surface area contributed by atoms with Crippen LogP contribution in [0.2, 0.25) is 36.3 Å². The summed E-state index contributed by atoms with van der Waals surface area (Å²) in [5, 5.41) is 0.590. The molecule has 0 N–H and O–H groups in total. The molecule has 21 heavy (non-hydrogen) atoms. The summed E-state index contributed by atoms with van der Waals surface area (Å²) in [5.74, 6) is 0. The minimum absolute atomic E-state index is 0.295. The predicted molar refractivity (Wildman–Crippen MR) is 98.0 cm³/mol. The second-order valence-electron chi connectivity index (χ2n) is 10.1. The van der Waals surface area contributed by atoms with E-state index in [4.69, 9.17) is 8.85 Å². The maximum atomic E-state index is 6.45. The molecule has 0 spiro atoms. The Kier molecular flexibility index (Phi) is 5.33. The van der Waals surface area contributed by atoms with E-state index in [-0.39, 0.29) is 0 Å². The van der Waals surface area contributed by atoms with Crippen LogP contribution < -0.4 is 0 Å². The molecule has 0 bridgehead atoms. The van der Waals surface area contributed by atoms with E-state index in [0.29, 0.717) is 15.5 Å². The minimum atomic E-state index is -1.63. The van der Waals surface area contributed by atoms with E-state index in [2.05, 4.69) is 67.7 Å². The second-order valence-corrected chi connectivity index (χ2v) is 19.7. The van der Waals surface area contributed by atoms with Crippen LogP contribution in [0.4, 0.5) is 0 Å². The van der Waals surface area contributed by atoms with Crippen LogP contribution in [0.1, 0.15) is 54.4 Å². The molecule has 0 atom stereocenters. The normalized spacial score (nSPS) is 19.7. The SMILES string of the molecule is CC(C)(C)[Si](C)(C)OCC1(CO[Si](C)(C)C(C)(C)C)CC1. The van der Waals surface area contributed by atoms with Gasteiger partial charge in [-0.25, -0.2) is 0 Å². The summed E-state index contributed by atoms with van der Waals surface area (Å²) in [6, 6.07) is 0. The molecule has 0 saturated heterocycles. The first kappa shape index (κ1) is 19.4. The Balaban J connectivity index is 2.54. The average molecular weight is 331 g/mol. The van der Waals surface area contributed by atoms with Crippen LogP contribution in [0.15, 0.2) is 0 Å². The van der Waals surface area contributed by atoms with Gasteiger partial charge in [0.25, 0.3) is 0 Å². The Labute approximate surface area is 135 Å². The van der Waals surface area contributed by atoms with E-state index in [1.165, 1.54) is 12.8 Å². The highest BCUT2D eigenvalue weighted by Crippen LogP contribution is 2.49. The van der Waals surface area contributed by atoms with Gasteiger partial charge in [0.1, 0.15) is 0 Å². The zero-order valence-corrected chi connectivity index (χ0v) is 18.1. The van der Waals surface area contributed by atoms with Crippen molar-refractivity contribution in [2.45, 2.75) is 90.6 Å². The highest BCUT2D eigenvalue weighted by Gasteiger charge is 2.48. The fraction of sp³-hybridized carbons (Fsp3) is 1.00. The van der Waals surface area contributed by atoms with Gasteiger partial charge in [-0.2, -0.15) is 0 Å². The summed E-state index contributed by atoms with van der Waals surface area (Å²) in [5.41, 5.74) is 0.324. The van der Waals surface area contributed by atoms with Crippen molar-refractivity contribution in [3.63, 3.8) is 0 Å². The lowest BCUT2D eigenvalue weighted by atomic mass is 10.1. The van der Waals surface area contributed by atoms with E-state index in [1.807, 2.05) is 0 Å². The third kappa shape index (κ3) is 4.91. The number of hydrogen-bond donors (Lipinski definition) is 0. The maximum Gasteiger partial charge on any atom is 0.192 e. The Hall–Kier alpha value is 0.354. The topological polar surface area (TPSA) is 18.5 Å². The first-order chi connectivity index (χ1) is 9.12. The average Bonchev–Trinajstić information content (AvgIpc) is 3.02. The fourth-order valence-corrected chi connectivity index (χ4v) is 3.81. The quantitative estimate of drug-likeness (QED) is 0.572. The lowest BCUT2D eigenvalue weighted by Crippen LogP contribution is -2.45. The van der Waals surface area contributed by atoms with Crippen LogP contribution in [0.25, 0.3) is 0 Å². The monoisotopic (exact) mass is 330 g/mol. The van der Waals surface area contributed by atoms with Gasteiger partial charge in [0.2, 0.25) is 0 Å². The first-order valence-corrected chi connectivity index (χ1v) is 14.2. The molecular weight excluding hydrogens is 292 g/mol. The van der Waals surface area contributed by atoms with Crippen molar-refractivity contribution in [2.75, 3.05) is 13.2 Å². The summed E-state index contributed by atoms with van der Waals surface area (Å²) in [4.78, 5) is 0. The van der Waals surface area contributed by atoms with Crippen LogP contribution in [0, 0.1) is 5.41 Å². The van der Waals surface area contributed by atoms with E-state index < -0.39 is 16.6 Å². The van der Waals surface area contributed by atoms with Gasteiger partial charge < -0.3 is 8.85 Å². The van der Waals surface area contributed by atoms with Crippen molar-refractivity contribution in [3.8, 4) is 0 Å². The van der Waals surface area contributed by atoms with Crippen molar-refractivity contribution in [2.24, 2.45) is 5.41 Å². The Morgan fingerprint density at radius 3 is 1.19 bits per heavy atom. The molecule has 126 valence electrons. The van der Waals surface area contributed by atoms with E-state index in [9.17, 15) is 0 Å². The zero-order chi connectivity index (χ0) is 16.7. The summed E-state index contributed by atoms with van der Waals surface area (Å²) in [6.07, 6.45) is 2.55. The Morgan fingerprint density at radius 1 is 0.714 bits per heavy atom. The van der Waals surface area contributed by atoms with Gasteiger partial charge in [0.05, 0.1) is 0 Å². The molecule has 0 aromatic carbocycles. The van der Waals surface area contributed by atoms with Gasteiger partial charge in [0, 0.05) is 18.6 Å². The predicted octanol–water partition coefficient (Wildman–Crippen LogP) is 5.81. The smallest absolute Gasteiger partial charge is 0.192 e. The number of rotatable bonds is 6. The fourth-order valence-electron chi connectivity index (χ4n) is 1.61. The molecule has 1 aliphatic carbocycles. The summed E-state index contributed by atoms with van der Waals surface area (Å²) in [6.45, 7) is 25.0. The molecule has 0 radical (unpaired) electrons. The van der Waals surface area contributed by atoms with Crippen LogP contribution in [0.3, 0.4) is 0 Å². The van der Waals surface area contributed by atoms with E-state index in [1.54, 1.807) is 0 Å². The zero-order valence-electron chi connectivity index (χ0n) is 16.1. The van der Waals surface area contributed by atoms with E-state index in [0.717, 1.165) is 13.2 Å². The van der Waals surface area contributed by atoms with Crippen LogP contribution in [0.5, 0.6) is 0 Å². The van der Waals surface area contributed by atoms with E-state index >= 15 is 0 Å². The minimum Gasteiger partial charge on any atom is -0.416 e. The van der Waals surface area contributed by atoms with Crippen molar-refractivity contribution in [1.82, 2.24) is 0 Å². The van der Waals surface area contributed by atoms with Gasteiger partial charge in [-0.15, -0.1) is 0 Å². The molecule has 0 heterocycles. The van der Waals surface area contributed by atoms with Gasteiger partial charge in [-0.3, -0.25) is 0 Å². The van der Waals surface area contributed by atoms with Crippen molar-refractivity contribution in [1.29, 1.82) is 0 Å². The lowest BCUT2D eigenvalue weighted by molar-refractivity contribution is 0.142. The van der Waals surface area contributed by atoms with Crippen LogP contribution in [-0.2, 0) is 8.85 Å². The third-order valence-electron chi connectivity index (χ3n) is 6.05. The molecule has 1 aliphatic rings. The molecule has 0 aromatic heterocycles.